The van der Waals surface area contributed by atoms with E-state index in [-0.39, 0.29) is 5.75 Å². The molecule has 0 aliphatic carbocycles. The molecule has 2 aromatic rings. The fourth-order valence-corrected chi connectivity index (χ4v) is 1.55. The number of fused-ring (bicyclic) bond motifs is 1. The SMILES string of the molecule is Cc1ccc2oc(CCN)c(O)c2c1. The van der Waals surface area contributed by atoms with Crippen LogP contribution in [-0.4, -0.2) is 11.7 Å². The van der Waals surface area contributed by atoms with Gasteiger partial charge in [0.15, 0.2) is 5.75 Å². The van der Waals surface area contributed by atoms with Crippen molar-refractivity contribution in [3.8, 4) is 5.75 Å². The molecular formula is C11H13NO2. The molecule has 1 aromatic heterocycles. The standard InChI is InChI=1S/C11H13NO2/c1-7-2-3-9-8(6-7)11(13)10(14-9)4-5-12/h2-3,6,13H,4-5,12H2,1H3. The quantitative estimate of drug-likeness (QED) is 0.762. The minimum atomic E-state index is 0.231. The van der Waals surface area contributed by atoms with Gasteiger partial charge in [0.05, 0.1) is 5.39 Å². The molecule has 0 fully saturated rings. The van der Waals surface area contributed by atoms with Gasteiger partial charge in [-0.05, 0) is 25.6 Å². The maximum Gasteiger partial charge on any atom is 0.165 e. The van der Waals surface area contributed by atoms with E-state index in [4.69, 9.17) is 10.2 Å². The molecule has 1 heterocycles. The third-order valence-electron chi connectivity index (χ3n) is 2.26. The molecule has 1 aromatic carbocycles. The lowest BCUT2D eigenvalue weighted by atomic mass is 10.1. The van der Waals surface area contributed by atoms with Gasteiger partial charge < -0.3 is 15.3 Å². The predicted octanol–water partition coefficient (Wildman–Crippen LogP) is 1.95. The van der Waals surface area contributed by atoms with Crippen molar-refractivity contribution in [2.45, 2.75) is 13.3 Å². The Morgan fingerprint density at radius 3 is 2.93 bits per heavy atom. The maximum absolute atomic E-state index is 9.80. The first kappa shape index (κ1) is 9.09. The van der Waals surface area contributed by atoms with Crippen molar-refractivity contribution in [2.75, 3.05) is 6.54 Å². The van der Waals surface area contributed by atoms with Crippen molar-refractivity contribution in [1.82, 2.24) is 0 Å². The average molecular weight is 191 g/mol. The van der Waals surface area contributed by atoms with Crippen LogP contribution in [-0.2, 0) is 6.42 Å². The van der Waals surface area contributed by atoms with Gasteiger partial charge in [0.2, 0.25) is 0 Å². The highest BCUT2D eigenvalue weighted by Crippen LogP contribution is 2.32. The number of nitrogens with two attached hydrogens (primary N) is 1. The molecule has 3 N–H and O–H groups in total. The number of benzene rings is 1. The van der Waals surface area contributed by atoms with Crippen LogP contribution in [0.4, 0.5) is 0 Å². The highest BCUT2D eigenvalue weighted by Gasteiger charge is 2.11. The Labute approximate surface area is 82.1 Å². The molecule has 3 heteroatoms. The van der Waals surface area contributed by atoms with Crippen LogP contribution in [0.3, 0.4) is 0 Å². The summed E-state index contributed by atoms with van der Waals surface area (Å²) in [6.07, 6.45) is 0.569. The van der Waals surface area contributed by atoms with E-state index in [9.17, 15) is 5.11 Å². The van der Waals surface area contributed by atoms with E-state index < -0.39 is 0 Å². The second-order valence-electron chi connectivity index (χ2n) is 3.41. The van der Waals surface area contributed by atoms with Crippen LogP contribution in [0.5, 0.6) is 5.75 Å². The number of aryl methyl sites for hydroxylation is 1. The number of furan rings is 1. The largest absolute Gasteiger partial charge is 0.504 e. The second kappa shape index (κ2) is 3.35. The molecule has 0 bridgehead atoms. The molecule has 0 aliphatic rings. The topological polar surface area (TPSA) is 59.4 Å². The Morgan fingerprint density at radius 2 is 2.21 bits per heavy atom. The summed E-state index contributed by atoms with van der Waals surface area (Å²) >= 11 is 0. The zero-order valence-electron chi connectivity index (χ0n) is 8.08. The Balaban J connectivity index is 2.62. The fourth-order valence-electron chi connectivity index (χ4n) is 1.55. The Kier molecular flexibility index (Phi) is 2.17. The van der Waals surface area contributed by atoms with E-state index in [1.165, 1.54) is 0 Å². The van der Waals surface area contributed by atoms with Crippen LogP contribution in [0.15, 0.2) is 22.6 Å². The highest BCUT2D eigenvalue weighted by atomic mass is 16.4. The molecule has 74 valence electrons. The van der Waals surface area contributed by atoms with Crippen LogP contribution in [0.2, 0.25) is 0 Å². The summed E-state index contributed by atoms with van der Waals surface area (Å²) in [5, 5.41) is 10.6. The zero-order valence-corrected chi connectivity index (χ0v) is 8.08. The lowest BCUT2D eigenvalue weighted by Crippen LogP contribution is -2.01. The van der Waals surface area contributed by atoms with Gasteiger partial charge in [-0.15, -0.1) is 0 Å². The minimum absolute atomic E-state index is 0.231. The third kappa shape index (κ3) is 1.36. The van der Waals surface area contributed by atoms with Crippen LogP contribution in [0, 0.1) is 6.92 Å². The summed E-state index contributed by atoms with van der Waals surface area (Å²) in [7, 11) is 0. The van der Waals surface area contributed by atoms with E-state index in [1.54, 1.807) is 0 Å². The Morgan fingerprint density at radius 1 is 1.43 bits per heavy atom. The van der Waals surface area contributed by atoms with Gasteiger partial charge in [0.25, 0.3) is 0 Å². The van der Waals surface area contributed by atoms with E-state index in [2.05, 4.69) is 0 Å². The van der Waals surface area contributed by atoms with E-state index in [1.807, 2.05) is 25.1 Å². The van der Waals surface area contributed by atoms with Crippen LogP contribution in [0.1, 0.15) is 11.3 Å². The summed E-state index contributed by atoms with van der Waals surface area (Å²) in [6, 6.07) is 5.73. The molecule has 2 rings (SSSR count). The van der Waals surface area contributed by atoms with E-state index in [0.717, 1.165) is 16.5 Å². The van der Waals surface area contributed by atoms with Gasteiger partial charge >= 0.3 is 0 Å². The molecule has 0 radical (unpaired) electrons. The highest BCUT2D eigenvalue weighted by molar-refractivity contribution is 5.85. The molecule has 0 unspecified atom stereocenters. The molecule has 0 amide bonds. The van der Waals surface area contributed by atoms with Crippen molar-refractivity contribution in [1.29, 1.82) is 0 Å². The average Bonchev–Trinajstić information content (AvgIpc) is 2.46. The second-order valence-corrected chi connectivity index (χ2v) is 3.41. The molecule has 0 spiro atoms. The smallest absolute Gasteiger partial charge is 0.165 e. The zero-order chi connectivity index (χ0) is 10.1. The molecular weight excluding hydrogens is 178 g/mol. The maximum atomic E-state index is 9.80. The van der Waals surface area contributed by atoms with E-state index >= 15 is 0 Å². The van der Waals surface area contributed by atoms with Gasteiger partial charge in [-0.25, -0.2) is 0 Å². The first-order valence-corrected chi connectivity index (χ1v) is 4.63. The lowest BCUT2D eigenvalue weighted by molar-refractivity contribution is 0.441. The van der Waals surface area contributed by atoms with Gasteiger partial charge in [0.1, 0.15) is 11.3 Å². The minimum Gasteiger partial charge on any atom is -0.504 e. The van der Waals surface area contributed by atoms with Crippen LogP contribution in [0.25, 0.3) is 11.0 Å². The van der Waals surface area contributed by atoms with Crippen molar-refractivity contribution in [3.05, 3.63) is 29.5 Å². The van der Waals surface area contributed by atoms with Gasteiger partial charge in [-0.3, -0.25) is 0 Å². The molecule has 14 heavy (non-hydrogen) atoms. The predicted molar refractivity (Wildman–Crippen MR) is 55.4 cm³/mol. The summed E-state index contributed by atoms with van der Waals surface area (Å²) in [5.41, 5.74) is 7.23. The van der Waals surface area contributed by atoms with Crippen molar-refractivity contribution in [2.24, 2.45) is 5.73 Å². The van der Waals surface area contributed by atoms with Gasteiger partial charge in [0, 0.05) is 6.42 Å². The summed E-state index contributed by atoms with van der Waals surface area (Å²) < 4.78 is 5.46. The van der Waals surface area contributed by atoms with Gasteiger partial charge in [-0.2, -0.15) is 0 Å². The summed E-state index contributed by atoms with van der Waals surface area (Å²) in [6.45, 7) is 2.46. The first-order chi connectivity index (χ1) is 6.72. The lowest BCUT2D eigenvalue weighted by Gasteiger charge is -1.92. The summed E-state index contributed by atoms with van der Waals surface area (Å²) in [5.74, 6) is 0.808. The van der Waals surface area contributed by atoms with Crippen molar-refractivity contribution in [3.63, 3.8) is 0 Å². The Hall–Kier alpha value is -1.48. The Bertz CT molecular complexity index is 460. The number of hydrogen-bond donors (Lipinski definition) is 2. The van der Waals surface area contributed by atoms with E-state index in [0.29, 0.717) is 18.7 Å². The molecule has 0 atom stereocenters. The first-order valence-electron chi connectivity index (χ1n) is 4.63. The molecule has 0 saturated heterocycles. The fraction of sp³-hybridized carbons (Fsp3) is 0.273. The normalized spacial score (nSPS) is 11.0. The summed E-state index contributed by atoms with van der Waals surface area (Å²) in [4.78, 5) is 0. The molecule has 0 saturated carbocycles. The molecule has 3 nitrogen and oxygen atoms in total. The monoisotopic (exact) mass is 191 g/mol. The van der Waals surface area contributed by atoms with Crippen LogP contribution >= 0.6 is 0 Å². The number of rotatable bonds is 2. The molecule has 0 aliphatic heterocycles. The third-order valence-corrected chi connectivity index (χ3v) is 2.26. The number of aromatic hydroxyl groups is 1. The van der Waals surface area contributed by atoms with Gasteiger partial charge in [-0.1, -0.05) is 11.6 Å². The number of hydrogen-bond acceptors (Lipinski definition) is 3. The van der Waals surface area contributed by atoms with Crippen LogP contribution < -0.4 is 5.73 Å². The van der Waals surface area contributed by atoms with Crippen molar-refractivity contribution < 1.29 is 9.52 Å². The van der Waals surface area contributed by atoms with Crippen molar-refractivity contribution >= 4 is 11.0 Å².